The predicted molar refractivity (Wildman–Crippen MR) is 151 cm³/mol. The first kappa shape index (κ1) is 34.5. The lowest BCUT2D eigenvalue weighted by molar-refractivity contribution is -0.910. The number of nitrogens with two attached hydrogens (primary N) is 1. The van der Waals surface area contributed by atoms with Gasteiger partial charge in [-0.2, -0.15) is 0 Å². The quantitative estimate of drug-likeness (QED) is 0.0473. The van der Waals surface area contributed by atoms with E-state index in [-0.39, 0.29) is 21.3 Å². The highest BCUT2D eigenvalue weighted by Crippen LogP contribution is 2.33. The first-order valence-corrected chi connectivity index (χ1v) is 14.0. The summed E-state index contributed by atoms with van der Waals surface area (Å²) in [5, 5.41) is 73.3. The third-order valence-corrected chi connectivity index (χ3v) is 7.58. The van der Waals surface area contributed by atoms with Gasteiger partial charge in [0.2, 0.25) is 6.29 Å². The van der Waals surface area contributed by atoms with Gasteiger partial charge in [0.05, 0.1) is 27.7 Å². The number of likely N-dealkylation sites (N-methyl/N-ethyl adjacent to an activating group) is 1. The summed E-state index contributed by atoms with van der Waals surface area (Å²) in [6, 6.07) is 10.4. The molecule has 0 amide bonds. The van der Waals surface area contributed by atoms with E-state index >= 15 is 0 Å². The highest BCUT2D eigenvalue weighted by Gasteiger charge is 2.56. The number of aromatic hydroxyl groups is 1. The Morgan fingerprint density at radius 3 is 2.20 bits per heavy atom. The molecule has 2 aromatic rings. The number of nitrogen functional groups attached to an aromatic ring is 1. The van der Waals surface area contributed by atoms with Gasteiger partial charge in [-0.05, 0) is 18.2 Å². The zero-order valence-electron chi connectivity index (χ0n) is 24.7. The third-order valence-electron chi connectivity index (χ3n) is 7.58. The van der Waals surface area contributed by atoms with E-state index in [2.05, 4.69) is 0 Å². The summed E-state index contributed by atoms with van der Waals surface area (Å²) in [4.78, 5) is 26.3. The SMILES string of the molecule is C[N+](C)(C)C1C(O)OC(CO)C(O)C1OC1OC(C(=O)OC(OC(=O)c2cc(N)ccc2O)c2ccccc2)C(O)C(O)C1O. The van der Waals surface area contributed by atoms with Crippen molar-refractivity contribution in [3.8, 4) is 5.75 Å². The van der Waals surface area contributed by atoms with Crippen LogP contribution in [0.15, 0.2) is 48.5 Å². The molecule has 11 unspecified atom stereocenters. The van der Waals surface area contributed by atoms with Crippen molar-refractivity contribution in [2.24, 2.45) is 0 Å². The van der Waals surface area contributed by atoms with Gasteiger partial charge in [0, 0.05) is 11.3 Å². The summed E-state index contributed by atoms with van der Waals surface area (Å²) in [5.74, 6) is -2.91. The number of esters is 2. The van der Waals surface area contributed by atoms with Gasteiger partial charge in [-0.1, -0.05) is 30.3 Å². The maximum Gasteiger partial charge on any atom is 0.345 e. The Morgan fingerprint density at radius 1 is 0.911 bits per heavy atom. The molecular weight excluding hydrogens is 600 g/mol. The summed E-state index contributed by atoms with van der Waals surface area (Å²) in [7, 11) is 4.97. The molecule has 2 saturated heterocycles. The lowest BCUT2D eigenvalue weighted by atomic mass is 9.94. The number of phenols is 1. The summed E-state index contributed by atoms with van der Waals surface area (Å²) in [6.45, 7) is -0.695. The number of benzene rings is 2. The lowest BCUT2D eigenvalue weighted by Gasteiger charge is -2.49. The van der Waals surface area contributed by atoms with Crippen LogP contribution in [0.4, 0.5) is 5.69 Å². The van der Waals surface area contributed by atoms with Crippen LogP contribution in [0.3, 0.4) is 0 Å². The maximum atomic E-state index is 13.4. The topological polar surface area (TPSA) is 248 Å². The summed E-state index contributed by atoms with van der Waals surface area (Å²) < 4.78 is 27.5. The molecule has 0 aliphatic carbocycles. The van der Waals surface area contributed by atoms with E-state index in [0.29, 0.717) is 0 Å². The van der Waals surface area contributed by atoms with Gasteiger partial charge < -0.3 is 69.6 Å². The van der Waals surface area contributed by atoms with Crippen molar-refractivity contribution in [2.45, 2.75) is 67.6 Å². The van der Waals surface area contributed by atoms with E-state index in [1.165, 1.54) is 24.3 Å². The van der Waals surface area contributed by atoms with Crippen molar-refractivity contribution >= 4 is 17.6 Å². The van der Waals surface area contributed by atoms with Gasteiger partial charge in [-0.25, -0.2) is 9.59 Å². The normalized spacial score (nSPS) is 32.8. The summed E-state index contributed by atoms with van der Waals surface area (Å²) >= 11 is 0. The average Bonchev–Trinajstić information content (AvgIpc) is 2.99. The number of nitrogens with zero attached hydrogens (tertiary/aromatic N) is 1. The van der Waals surface area contributed by atoms with Crippen LogP contribution in [-0.4, -0.2) is 141 Å². The number of rotatable bonds is 9. The zero-order valence-corrected chi connectivity index (χ0v) is 24.7. The standard InChI is InChI=1S/C29H38N2O14/c1-31(2,3)18-23(19(34)17(12-32)41-26(18)39)42-29-22(37)20(35)21(36)24(43-29)27(40)45-28(13-7-5-4-6-8-13)44-25(38)15-11-14(30)9-10-16(15)33/h4-11,17-24,26,28-29,32,34-37,39H,12,30H2,1-3H3/p+1. The minimum absolute atomic E-state index is 0.0345. The minimum Gasteiger partial charge on any atom is -0.507 e. The van der Waals surface area contributed by atoms with E-state index in [0.717, 1.165) is 6.07 Å². The number of carbonyl (C=O) groups is 2. The number of carbonyl (C=O) groups excluding carboxylic acids is 2. The number of aliphatic hydroxyl groups is 6. The number of anilines is 1. The Balaban J connectivity index is 1.58. The van der Waals surface area contributed by atoms with Crippen LogP contribution >= 0.6 is 0 Å². The van der Waals surface area contributed by atoms with Crippen LogP contribution < -0.4 is 5.73 Å². The summed E-state index contributed by atoms with van der Waals surface area (Å²) in [6.07, 6.45) is -17.4. The number of ether oxygens (including phenoxy) is 5. The first-order chi connectivity index (χ1) is 21.1. The Labute approximate surface area is 257 Å². The van der Waals surface area contributed by atoms with Crippen molar-refractivity contribution in [3.05, 3.63) is 59.7 Å². The molecule has 0 spiro atoms. The van der Waals surface area contributed by atoms with Crippen molar-refractivity contribution in [1.82, 2.24) is 0 Å². The van der Waals surface area contributed by atoms with Gasteiger partial charge >= 0.3 is 11.9 Å². The van der Waals surface area contributed by atoms with Gasteiger partial charge in [-0.3, -0.25) is 0 Å². The Kier molecular flexibility index (Phi) is 10.7. The van der Waals surface area contributed by atoms with Crippen LogP contribution in [0.25, 0.3) is 0 Å². The first-order valence-electron chi connectivity index (χ1n) is 14.0. The van der Waals surface area contributed by atoms with Gasteiger partial charge in [0.1, 0.15) is 47.9 Å². The van der Waals surface area contributed by atoms with Gasteiger partial charge in [0.15, 0.2) is 18.4 Å². The molecule has 2 fully saturated rings. The molecule has 2 aliphatic rings. The fraction of sp³-hybridized carbons (Fsp3) is 0.517. The summed E-state index contributed by atoms with van der Waals surface area (Å²) in [5.41, 5.74) is 5.71. The van der Waals surface area contributed by atoms with E-state index in [1.807, 2.05) is 0 Å². The number of quaternary nitrogens is 1. The van der Waals surface area contributed by atoms with E-state index < -0.39 is 91.9 Å². The second-order valence-electron chi connectivity index (χ2n) is 11.7. The van der Waals surface area contributed by atoms with Crippen LogP contribution in [0.2, 0.25) is 0 Å². The van der Waals surface area contributed by atoms with Gasteiger partial charge in [-0.15, -0.1) is 0 Å². The zero-order chi connectivity index (χ0) is 33.2. The fourth-order valence-electron chi connectivity index (χ4n) is 5.18. The lowest BCUT2D eigenvalue weighted by Crippen LogP contribution is -2.70. The molecular formula is C29H39N2O14+. The van der Waals surface area contributed by atoms with Crippen molar-refractivity contribution in [1.29, 1.82) is 0 Å². The van der Waals surface area contributed by atoms with Crippen molar-refractivity contribution < 1.29 is 73.5 Å². The number of hydrogen-bond acceptors (Lipinski definition) is 15. The number of hydrogen-bond donors (Lipinski definition) is 8. The monoisotopic (exact) mass is 639 g/mol. The average molecular weight is 640 g/mol. The highest BCUT2D eigenvalue weighted by molar-refractivity contribution is 5.93. The van der Waals surface area contributed by atoms with Crippen LogP contribution in [0, 0.1) is 0 Å². The second-order valence-corrected chi connectivity index (χ2v) is 11.7. The number of aliphatic hydroxyl groups excluding tert-OH is 6. The molecule has 0 saturated carbocycles. The molecule has 248 valence electrons. The van der Waals surface area contributed by atoms with Crippen LogP contribution in [-0.2, 0) is 28.5 Å². The molecule has 2 aromatic carbocycles. The molecule has 0 aromatic heterocycles. The van der Waals surface area contributed by atoms with Crippen LogP contribution in [0.5, 0.6) is 5.75 Å². The van der Waals surface area contributed by atoms with E-state index in [1.54, 1.807) is 39.3 Å². The molecule has 2 aliphatic heterocycles. The molecule has 45 heavy (non-hydrogen) atoms. The van der Waals surface area contributed by atoms with Crippen molar-refractivity contribution in [2.75, 3.05) is 33.5 Å². The highest BCUT2D eigenvalue weighted by atomic mass is 16.7. The Bertz CT molecular complexity index is 1320. The van der Waals surface area contributed by atoms with E-state index in [9.17, 15) is 45.3 Å². The second kappa shape index (κ2) is 13.9. The maximum absolute atomic E-state index is 13.4. The minimum atomic E-state index is -2.05. The molecule has 11 atom stereocenters. The fourth-order valence-corrected chi connectivity index (χ4v) is 5.18. The molecule has 2 heterocycles. The van der Waals surface area contributed by atoms with Crippen LogP contribution in [0.1, 0.15) is 22.2 Å². The molecule has 4 rings (SSSR count). The third kappa shape index (κ3) is 7.53. The molecule has 0 bridgehead atoms. The van der Waals surface area contributed by atoms with E-state index in [4.69, 9.17) is 29.4 Å². The Hall–Kier alpha value is -3.42. The van der Waals surface area contributed by atoms with Crippen molar-refractivity contribution in [3.63, 3.8) is 0 Å². The Morgan fingerprint density at radius 2 is 1.58 bits per heavy atom. The molecule has 9 N–H and O–H groups in total. The van der Waals surface area contributed by atoms with Gasteiger partial charge in [0.25, 0.3) is 6.29 Å². The molecule has 16 nitrogen and oxygen atoms in total. The number of phenolic OH excluding ortho intramolecular Hbond substituents is 1. The largest absolute Gasteiger partial charge is 0.507 e. The molecule has 16 heteroatoms. The molecule has 0 radical (unpaired) electrons. The smallest absolute Gasteiger partial charge is 0.345 e. The predicted octanol–water partition coefficient (Wildman–Crippen LogP) is -2.29.